The van der Waals surface area contributed by atoms with Crippen molar-refractivity contribution in [2.24, 2.45) is 0 Å². The largest absolute Gasteiger partial charge is 0.439 e. The van der Waals surface area contributed by atoms with Gasteiger partial charge in [0.15, 0.2) is 0 Å². The van der Waals surface area contributed by atoms with Crippen LogP contribution in [-0.2, 0) is 4.74 Å². The van der Waals surface area contributed by atoms with Gasteiger partial charge in [0.2, 0.25) is 0 Å². The van der Waals surface area contributed by atoms with Crippen molar-refractivity contribution >= 4 is 17.7 Å². The Morgan fingerprint density at radius 3 is 2.37 bits per heavy atom. The van der Waals surface area contributed by atoms with Gasteiger partial charge in [-0.2, -0.15) is 0 Å². The maximum atomic E-state index is 12.1. The van der Waals surface area contributed by atoms with Crippen LogP contribution < -0.4 is 0 Å². The lowest BCUT2D eigenvalue weighted by Crippen LogP contribution is -2.46. The van der Waals surface area contributed by atoms with Gasteiger partial charge < -0.3 is 4.74 Å². The molecule has 2 atom stereocenters. The summed E-state index contributed by atoms with van der Waals surface area (Å²) in [5.41, 5.74) is 1.77. The molecule has 2 rings (SSSR count). The number of aryl methyl sites for hydroxylation is 1. The monoisotopic (exact) mass is 281 g/mol. The fraction of sp³-hybridized carbons (Fsp3) is 0.533. The summed E-state index contributed by atoms with van der Waals surface area (Å²) in [4.78, 5) is 13.8. The van der Waals surface area contributed by atoms with Gasteiger partial charge in [0.05, 0.1) is 6.04 Å². The number of carbonyl (C=O) groups excluding carboxylic acids is 1. The molecule has 0 bridgehead atoms. The summed E-state index contributed by atoms with van der Waals surface area (Å²) in [5.74, 6) is 0. The first-order valence-corrected chi connectivity index (χ1v) is 6.85. The zero-order chi connectivity index (χ0) is 14.4. The van der Waals surface area contributed by atoms with E-state index in [0.717, 1.165) is 11.1 Å². The number of halogens is 1. The molecule has 0 radical (unpaired) electrons. The molecule has 1 heterocycles. The normalized spacial score (nSPS) is 23.7. The van der Waals surface area contributed by atoms with E-state index < -0.39 is 0 Å². The highest BCUT2D eigenvalue weighted by molar-refractivity contribution is 6.30. The molecule has 0 aliphatic carbocycles. The van der Waals surface area contributed by atoms with Crippen LogP contribution in [0.4, 0.5) is 4.79 Å². The van der Waals surface area contributed by atoms with Crippen molar-refractivity contribution in [2.75, 3.05) is 0 Å². The second-order valence-corrected chi connectivity index (χ2v) is 6.58. The van der Waals surface area contributed by atoms with E-state index in [1.54, 1.807) is 4.90 Å². The average molecular weight is 282 g/mol. The van der Waals surface area contributed by atoms with Gasteiger partial charge in [0.25, 0.3) is 0 Å². The lowest BCUT2D eigenvalue weighted by atomic mass is 9.98. The van der Waals surface area contributed by atoms with Crippen molar-refractivity contribution in [2.45, 2.75) is 52.3 Å². The third kappa shape index (κ3) is 2.71. The molecule has 3 nitrogen and oxygen atoms in total. The van der Waals surface area contributed by atoms with Crippen molar-refractivity contribution in [3.8, 4) is 0 Å². The quantitative estimate of drug-likeness (QED) is 0.767. The Labute approximate surface area is 119 Å². The lowest BCUT2D eigenvalue weighted by Gasteiger charge is -2.33. The van der Waals surface area contributed by atoms with Crippen LogP contribution in [0.1, 0.15) is 44.9 Å². The minimum absolute atomic E-state index is 0.00892. The molecule has 1 saturated heterocycles. The highest BCUT2D eigenvalue weighted by Gasteiger charge is 2.44. The van der Waals surface area contributed by atoms with E-state index >= 15 is 0 Å². The van der Waals surface area contributed by atoms with Crippen molar-refractivity contribution in [1.29, 1.82) is 0 Å². The third-order valence-corrected chi connectivity index (χ3v) is 3.60. The van der Waals surface area contributed by atoms with E-state index in [-0.39, 0.29) is 23.8 Å². The van der Waals surface area contributed by atoms with Crippen molar-refractivity contribution in [3.05, 3.63) is 34.3 Å². The van der Waals surface area contributed by atoms with Gasteiger partial charge in [-0.15, -0.1) is 0 Å². The van der Waals surface area contributed by atoms with E-state index in [1.807, 2.05) is 52.8 Å². The van der Waals surface area contributed by atoms with Crippen LogP contribution in [0.25, 0.3) is 0 Å². The lowest BCUT2D eigenvalue weighted by molar-refractivity contribution is 0.119. The molecule has 0 N–H and O–H groups in total. The molecule has 1 aromatic carbocycles. The zero-order valence-corrected chi connectivity index (χ0v) is 12.8. The fourth-order valence-electron chi connectivity index (χ4n) is 2.73. The molecule has 1 fully saturated rings. The molecule has 1 aliphatic rings. The van der Waals surface area contributed by atoms with Gasteiger partial charge in [-0.1, -0.05) is 17.7 Å². The van der Waals surface area contributed by atoms with Crippen molar-refractivity contribution in [3.63, 3.8) is 0 Å². The number of benzene rings is 1. The van der Waals surface area contributed by atoms with Gasteiger partial charge in [-0.25, -0.2) is 4.79 Å². The van der Waals surface area contributed by atoms with Crippen LogP contribution in [0.15, 0.2) is 18.2 Å². The van der Waals surface area contributed by atoms with E-state index in [0.29, 0.717) is 5.02 Å². The van der Waals surface area contributed by atoms with Crippen molar-refractivity contribution in [1.82, 2.24) is 4.90 Å². The third-order valence-electron chi connectivity index (χ3n) is 3.39. The summed E-state index contributed by atoms with van der Waals surface area (Å²) in [6.07, 6.45) is -0.522. The first-order valence-electron chi connectivity index (χ1n) is 6.47. The molecular formula is C15H20ClNO2. The molecule has 0 saturated carbocycles. The summed E-state index contributed by atoms with van der Waals surface area (Å²) in [7, 11) is 0. The summed E-state index contributed by atoms with van der Waals surface area (Å²) in [6, 6.07) is 5.78. The standard InChI is InChI=1S/C15H20ClNO2/c1-9-6-11(8-12(16)7-9)13-10(2)17(14(18)19-13)15(3,4)5/h6-8,10,13H,1-5H3/t10-,13-/m1/s1. The molecular weight excluding hydrogens is 262 g/mol. The molecule has 1 amide bonds. The predicted molar refractivity (Wildman–Crippen MR) is 76.5 cm³/mol. The minimum Gasteiger partial charge on any atom is -0.439 e. The van der Waals surface area contributed by atoms with Gasteiger partial charge in [0.1, 0.15) is 6.10 Å². The zero-order valence-electron chi connectivity index (χ0n) is 12.0. The smallest absolute Gasteiger partial charge is 0.411 e. The number of hydrogen-bond acceptors (Lipinski definition) is 2. The fourth-order valence-corrected chi connectivity index (χ4v) is 3.02. The predicted octanol–water partition coefficient (Wildman–Crippen LogP) is 4.33. The number of cyclic esters (lactones) is 1. The minimum atomic E-state index is -0.261. The number of carbonyl (C=O) groups is 1. The highest BCUT2D eigenvalue weighted by Crippen LogP contribution is 2.37. The van der Waals surface area contributed by atoms with E-state index in [1.165, 1.54) is 0 Å². The number of amides is 1. The molecule has 1 aliphatic heterocycles. The number of ether oxygens (including phenoxy) is 1. The Bertz CT molecular complexity index is 487. The first-order chi connectivity index (χ1) is 8.70. The topological polar surface area (TPSA) is 29.5 Å². The van der Waals surface area contributed by atoms with E-state index in [4.69, 9.17) is 16.3 Å². The molecule has 0 aromatic heterocycles. The van der Waals surface area contributed by atoms with Crippen LogP contribution in [0.3, 0.4) is 0 Å². The summed E-state index contributed by atoms with van der Waals surface area (Å²) >= 11 is 6.08. The number of hydrogen-bond donors (Lipinski definition) is 0. The van der Waals surface area contributed by atoms with Gasteiger partial charge >= 0.3 is 6.09 Å². The molecule has 104 valence electrons. The molecule has 0 spiro atoms. The average Bonchev–Trinajstić information content (AvgIpc) is 2.51. The van der Waals surface area contributed by atoms with Gasteiger partial charge in [-0.05, 0) is 57.9 Å². The number of rotatable bonds is 1. The maximum Gasteiger partial charge on any atom is 0.411 e. The molecule has 19 heavy (non-hydrogen) atoms. The Morgan fingerprint density at radius 2 is 1.89 bits per heavy atom. The Hall–Kier alpha value is -1.22. The molecule has 0 unspecified atom stereocenters. The van der Waals surface area contributed by atoms with Gasteiger partial charge in [0, 0.05) is 10.6 Å². The Morgan fingerprint density at radius 1 is 1.26 bits per heavy atom. The Kier molecular flexibility index (Phi) is 3.52. The number of nitrogens with zero attached hydrogens (tertiary/aromatic N) is 1. The molecule has 4 heteroatoms. The summed E-state index contributed by atoms with van der Waals surface area (Å²) in [5, 5.41) is 0.674. The van der Waals surface area contributed by atoms with Gasteiger partial charge in [-0.3, -0.25) is 4.90 Å². The van der Waals surface area contributed by atoms with Crippen LogP contribution >= 0.6 is 11.6 Å². The summed E-state index contributed by atoms with van der Waals surface area (Å²) < 4.78 is 5.54. The van der Waals surface area contributed by atoms with Crippen LogP contribution in [0.5, 0.6) is 0 Å². The highest BCUT2D eigenvalue weighted by atomic mass is 35.5. The van der Waals surface area contributed by atoms with E-state index in [2.05, 4.69) is 0 Å². The van der Waals surface area contributed by atoms with Crippen LogP contribution in [0.2, 0.25) is 5.02 Å². The van der Waals surface area contributed by atoms with Crippen LogP contribution in [0, 0.1) is 6.92 Å². The maximum absolute atomic E-state index is 12.1. The van der Waals surface area contributed by atoms with Crippen molar-refractivity contribution < 1.29 is 9.53 Å². The van der Waals surface area contributed by atoms with Crippen LogP contribution in [-0.4, -0.2) is 22.6 Å². The molecule has 1 aromatic rings. The Balaban J connectivity index is 2.35. The second kappa shape index (κ2) is 4.71. The van der Waals surface area contributed by atoms with E-state index in [9.17, 15) is 4.79 Å². The SMILES string of the molecule is Cc1cc(Cl)cc([C@@H]2OC(=O)N(C(C)(C)C)[C@@H]2C)c1. The first kappa shape index (κ1) is 14.2. The second-order valence-electron chi connectivity index (χ2n) is 6.15. The summed E-state index contributed by atoms with van der Waals surface area (Å²) in [6.45, 7) is 10.0.